The van der Waals surface area contributed by atoms with Gasteiger partial charge in [0.1, 0.15) is 17.6 Å². The molecule has 0 radical (unpaired) electrons. The number of amides is 5. The van der Waals surface area contributed by atoms with Crippen molar-refractivity contribution in [2.75, 3.05) is 63.7 Å². The van der Waals surface area contributed by atoms with Crippen LogP contribution >= 0.6 is 0 Å². The number of hydrogen-bond acceptors (Lipinski definition) is 13. The summed E-state index contributed by atoms with van der Waals surface area (Å²) in [7, 11) is 1.63. The van der Waals surface area contributed by atoms with E-state index in [1.807, 2.05) is 31.2 Å². The van der Waals surface area contributed by atoms with Gasteiger partial charge in [0, 0.05) is 49.6 Å². The molecule has 3 aliphatic heterocycles. The molecule has 3 aromatic rings. The summed E-state index contributed by atoms with van der Waals surface area (Å²) in [6.07, 6.45) is 5.98. The predicted octanol–water partition coefficient (Wildman–Crippen LogP) is 3.58. The number of hydrogen-bond donors (Lipinski definition) is 4. The minimum atomic E-state index is -1.09. The molecule has 0 saturated carbocycles. The van der Waals surface area contributed by atoms with Crippen molar-refractivity contribution in [1.29, 1.82) is 0 Å². The van der Waals surface area contributed by atoms with Gasteiger partial charge in [-0.3, -0.25) is 34.2 Å². The average molecular weight is 757 g/mol. The SMILES string of the molecule is COc1ccc(Nc2nc(C)cc(NCCCCCNC(=O)COc3cccc4c3C(=O)N(C3CCC(=O)NC3=O)C4=O)n2)cc1OCCCN1CCCC1. The number of imide groups is 2. The lowest BCUT2D eigenvalue weighted by Crippen LogP contribution is -2.54. The van der Waals surface area contributed by atoms with Gasteiger partial charge in [0.05, 0.1) is 24.8 Å². The lowest BCUT2D eigenvalue weighted by molar-refractivity contribution is -0.136. The summed E-state index contributed by atoms with van der Waals surface area (Å²) in [5.74, 6) is -0.299. The van der Waals surface area contributed by atoms with Crippen LogP contribution in [0.25, 0.3) is 0 Å². The summed E-state index contributed by atoms with van der Waals surface area (Å²) in [5, 5.41) is 11.6. The summed E-state index contributed by atoms with van der Waals surface area (Å²) in [4.78, 5) is 75.2. The van der Waals surface area contributed by atoms with Crippen LogP contribution in [0, 0.1) is 6.92 Å². The molecule has 2 aromatic carbocycles. The molecule has 0 spiro atoms. The molecule has 3 aliphatic rings. The zero-order chi connectivity index (χ0) is 38.7. The van der Waals surface area contributed by atoms with Gasteiger partial charge in [0.25, 0.3) is 17.7 Å². The number of aryl methyl sites for hydroxylation is 1. The van der Waals surface area contributed by atoms with E-state index < -0.39 is 29.7 Å². The van der Waals surface area contributed by atoms with E-state index in [1.165, 1.54) is 38.1 Å². The Kier molecular flexibility index (Phi) is 13.1. The molecule has 55 heavy (non-hydrogen) atoms. The van der Waals surface area contributed by atoms with Gasteiger partial charge in [-0.1, -0.05) is 6.07 Å². The quantitative estimate of drug-likeness (QED) is 0.103. The molecular formula is C39H48N8O8. The van der Waals surface area contributed by atoms with Gasteiger partial charge in [-0.15, -0.1) is 0 Å². The molecule has 2 saturated heterocycles. The Labute approximate surface area is 319 Å². The lowest BCUT2D eigenvalue weighted by Gasteiger charge is -2.27. The molecule has 4 N–H and O–H groups in total. The number of anilines is 3. The molecule has 1 unspecified atom stereocenters. The second-order valence-electron chi connectivity index (χ2n) is 13.7. The summed E-state index contributed by atoms with van der Waals surface area (Å²) >= 11 is 0. The first-order chi connectivity index (χ1) is 26.7. The second kappa shape index (κ2) is 18.5. The Morgan fingerprint density at radius 1 is 0.909 bits per heavy atom. The van der Waals surface area contributed by atoms with E-state index in [-0.39, 0.29) is 42.2 Å². The van der Waals surface area contributed by atoms with E-state index >= 15 is 0 Å². The normalized spacial score (nSPS) is 16.8. The number of nitrogens with one attached hydrogen (secondary N) is 4. The minimum absolute atomic E-state index is 0.00216. The number of methoxy groups -OCH3 is 1. The van der Waals surface area contributed by atoms with E-state index in [1.54, 1.807) is 13.2 Å². The van der Waals surface area contributed by atoms with Crippen LogP contribution in [0.15, 0.2) is 42.5 Å². The van der Waals surface area contributed by atoms with Crippen LogP contribution in [0.1, 0.15) is 77.8 Å². The number of carbonyl (C=O) groups is 5. The van der Waals surface area contributed by atoms with E-state index in [0.717, 1.165) is 48.5 Å². The Hall–Kier alpha value is -5.77. The standard InChI is InChI=1S/C39H48N8O8/c1-25-22-32(44-39(42-25)43-26-12-14-29(53-2)31(23-26)54-21-9-20-46-18-6-7-19-46)40-16-4-3-5-17-41-34(49)24-55-30-11-8-10-27-35(30)38(52)47(37(27)51)28-13-15-33(48)45-36(28)50/h8,10-12,14,22-23,28H,3-7,9,13,15-21,24H2,1-2H3,(H,41,49)(H,45,48,50)(H2,40,42,43,44). The fraction of sp³-hybridized carbons (Fsp3) is 0.462. The zero-order valence-electron chi connectivity index (χ0n) is 31.3. The number of fused-ring (bicyclic) bond motifs is 1. The first-order valence-corrected chi connectivity index (χ1v) is 18.8. The van der Waals surface area contributed by atoms with Crippen molar-refractivity contribution in [3.63, 3.8) is 0 Å². The van der Waals surface area contributed by atoms with Gasteiger partial charge in [-0.25, -0.2) is 4.98 Å². The number of ether oxygens (including phenoxy) is 3. The topological polar surface area (TPSA) is 193 Å². The summed E-state index contributed by atoms with van der Waals surface area (Å²) < 4.78 is 17.3. The molecule has 4 heterocycles. The first-order valence-electron chi connectivity index (χ1n) is 18.8. The minimum Gasteiger partial charge on any atom is -0.493 e. The Balaban J connectivity index is 0.896. The highest BCUT2D eigenvalue weighted by Gasteiger charge is 2.46. The highest BCUT2D eigenvalue weighted by molar-refractivity contribution is 6.24. The van der Waals surface area contributed by atoms with Crippen molar-refractivity contribution in [1.82, 2.24) is 30.4 Å². The zero-order valence-corrected chi connectivity index (χ0v) is 31.3. The number of likely N-dealkylation sites (tertiary alicyclic amines) is 1. The third-order valence-corrected chi connectivity index (χ3v) is 9.62. The van der Waals surface area contributed by atoms with E-state index in [9.17, 15) is 24.0 Å². The van der Waals surface area contributed by atoms with Crippen LogP contribution in [0.5, 0.6) is 17.2 Å². The van der Waals surface area contributed by atoms with Crippen molar-refractivity contribution in [2.24, 2.45) is 0 Å². The molecule has 2 fully saturated rings. The Morgan fingerprint density at radius 2 is 1.73 bits per heavy atom. The molecule has 5 amide bonds. The summed E-state index contributed by atoms with van der Waals surface area (Å²) in [5.41, 5.74) is 1.67. The predicted molar refractivity (Wildman–Crippen MR) is 203 cm³/mol. The number of piperidine rings is 1. The molecule has 6 rings (SSSR count). The second-order valence-corrected chi connectivity index (χ2v) is 13.7. The third kappa shape index (κ3) is 10.1. The number of nitrogens with zero attached hydrogens (tertiary/aromatic N) is 4. The Morgan fingerprint density at radius 3 is 2.53 bits per heavy atom. The van der Waals surface area contributed by atoms with Gasteiger partial charge < -0.3 is 35.1 Å². The van der Waals surface area contributed by atoms with Crippen molar-refractivity contribution >= 4 is 47.0 Å². The molecule has 0 aliphatic carbocycles. The van der Waals surface area contributed by atoms with Gasteiger partial charge in [0.15, 0.2) is 18.1 Å². The maximum absolute atomic E-state index is 13.2. The fourth-order valence-corrected chi connectivity index (χ4v) is 6.86. The van der Waals surface area contributed by atoms with E-state index in [2.05, 4.69) is 36.1 Å². The van der Waals surface area contributed by atoms with Crippen LogP contribution in [0.4, 0.5) is 17.5 Å². The van der Waals surface area contributed by atoms with Crippen molar-refractivity contribution in [3.05, 3.63) is 59.3 Å². The first kappa shape index (κ1) is 38.9. The highest BCUT2D eigenvalue weighted by Crippen LogP contribution is 2.34. The van der Waals surface area contributed by atoms with Gasteiger partial charge in [-0.05, 0) is 89.2 Å². The summed E-state index contributed by atoms with van der Waals surface area (Å²) in [6, 6.07) is 11.0. The van der Waals surface area contributed by atoms with Crippen molar-refractivity contribution < 1.29 is 38.2 Å². The molecule has 16 nitrogen and oxygen atoms in total. The molecule has 292 valence electrons. The van der Waals surface area contributed by atoms with Crippen LogP contribution in [-0.4, -0.2) is 108 Å². The van der Waals surface area contributed by atoms with Crippen LogP contribution in [-0.2, 0) is 14.4 Å². The molecule has 1 aromatic heterocycles. The monoisotopic (exact) mass is 756 g/mol. The number of benzene rings is 2. The average Bonchev–Trinajstić information content (AvgIpc) is 3.78. The van der Waals surface area contributed by atoms with E-state index in [4.69, 9.17) is 14.2 Å². The fourth-order valence-electron chi connectivity index (χ4n) is 6.86. The maximum Gasteiger partial charge on any atom is 0.266 e. The van der Waals surface area contributed by atoms with E-state index in [0.29, 0.717) is 43.0 Å². The lowest BCUT2D eigenvalue weighted by atomic mass is 10.0. The summed E-state index contributed by atoms with van der Waals surface area (Å²) in [6.45, 7) is 6.63. The molecule has 1 atom stereocenters. The number of unbranched alkanes of at least 4 members (excludes halogenated alkanes) is 2. The van der Waals surface area contributed by atoms with Crippen LogP contribution in [0.2, 0.25) is 0 Å². The van der Waals surface area contributed by atoms with Crippen molar-refractivity contribution in [3.8, 4) is 17.2 Å². The smallest absolute Gasteiger partial charge is 0.266 e. The number of carbonyl (C=O) groups excluding carboxylic acids is 5. The number of rotatable bonds is 19. The number of aromatic nitrogens is 2. The van der Waals surface area contributed by atoms with Gasteiger partial charge >= 0.3 is 0 Å². The van der Waals surface area contributed by atoms with Crippen molar-refractivity contribution in [2.45, 2.75) is 64.3 Å². The Bertz CT molecular complexity index is 1900. The van der Waals surface area contributed by atoms with Crippen LogP contribution < -0.4 is 35.5 Å². The van der Waals surface area contributed by atoms with Gasteiger partial charge in [-0.2, -0.15) is 4.98 Å². The molecule has 0 bridgehead atoms. The third-order valence-electron chi connectivity index (χ3n) is 9.62. The van der Waals surface area contributed by atoms with Crippen LogP contribution in [0.3, 0.4) is 0 Å². The molecular weight excluding hydrogens is 708 g/mol. The maximum atomic E-state index is 13.2. The van der Waals surface area contributed by atoms with Gasteiger partial charge in [0.2, 0.25) is 17.8 Å². The molecule has 16 heteroatoms. The highest BCUT2D eigenvalue weighted by atomic mass is 16.5. The largest absolute Gasteiger partial charge is 0.493 e.